The Labute approximate surface area is 123 Å². The normalized spacial score (nSPS) is 9.90. The second-order valence-corrected chi connectivity index (χ2v) is 5.04. The molecule has 2 aromatic carbocycles. The van der Waals surface area contributed by atoms with E-state index in [-0.39, 0.29) is 0 Å². The van der Waals surface area contributed by atoms with Gasteiger partial charge in [-0.3, -0.25) is 0 Å². The standard InChI is InChI=1S/C12H10N4O4S/c17-15(18)13-9-1-5-11(6-2-9)21-12-7-3-10(4-8-12)14-16(19)20/h1-8,13-14H. The van der Waals surface area contributed by atoms with Crippen molar-refractivity contribution in [2.24, 2.45) is 0 Å². The van der Waals surface area contributed by atoms with Gasteiger partial charge in [-0.05, 0) is 48.5 Å². The maximum Gasteiger partial charge on any atom is 0.162 e. The number of benzene rings is 2. The van der Waals surface area contributed by atoms with Crippen LogP contribution >= 0.6 is 11.8 Å². The van der Waals surface area contributed by atoms with Gasteiger partial charge in [-0.1, -0.05) is 11.8 Å². The summed E-state index contributed by atoms with van der Waals surface area (Å²) in [7, 11) is 0. The third-order valence-electron chi connectivity index (χ3n) is 2.39. The molecule has 0 saturated carbocycles. The number of rotatable bonds is 6. The first-order valence-corrected chi connectivity index (χ1v) is 6.54. The molecule has 0 aliphatic heterocycles. The van der Waals surface area contributed by atoms with Crippen molar-refractivity contribution in [3.05, 3.63) is 68.8 Å². The third kappa shape index (κ3) is 4.66. The number of nitrogens with one attached hydrogen (secondary N) is 2. The Morgan fingerprint density at radius 3 is 1.33 bits per heavy atom. The number of nitro groups is 2. The van der Waals surface area contributed by atoms with Gasteiger partial charge >= 0.3 is 0 Å². The summed E-state index contributed by atoms with van der Waals surface area (Å²) in [6.45, 7) is 0. The van der Waals surface area contributed by atoms with Gasteiger partial charge in [-0.15, -0.1) is 10.9 Å². The number of hydrazine groups is 2. The lowest BCUT2D eigenvalue weighted by Crippen LogP contribution is -2.07. The molecule has 0 fully saturated rings. The number of anilines is 2. The van der Waals surface area contributed by atoms with Gasteiger partial charge in [0, 0.05) is 9.79 Å². The predicted octanol–water partition coefficient (Wildman–Crippen LogP) is 3.05. The Morgan fingerprint density at radius 2 is 1.05 bits per heavy atom. The molecule has 0 atom stereocenters. The molecule has 2 N–H and O–H groups in total. The second-order valence-electron chi connectivity index (χ2n) is 3.89. The molecule has 0 aliphatic carbocycles. The summed E-state index contributed by atoms with van der Waals surface area (Å²) < 4.78 is 0. The summed E-state index contributed by atoms with van der Waals surface area (Å²) in [4.78, 5) is 22.4. The van der Waals surface area contributed by atoms with Crippen LogP contribution < -0.4 is 10.9 Å². The highest BCUT2D eigenvalue weighted by atomic mass is 32.2. The minimum atomic E-state index is -0.622. The van der Waals surface area contributed by atoms with E-state index in [0.29, 0.717) is 11.4 Å². The van der Waals surface area contributed by atoms with Gasteiger partial charge in [-0.2, -0.15) is 0 Å². The quantitative estimate of drug-likeness (QED) is 0.623. The van der Waals surface area contributed by atoms with E-state index < -0.39 is 10.1 Å². The highest BCUT2D eigenvalue weighted by molar-refractivity contribution is 7.99. The van der Waals surface area contributed by atoms with Crippen molar-refractivity contribution in [3.63, 3.8) is 0 Å². The summed E-state index contributed by atoms with van der Waals surface area (Å²) >= 11 is 1.45. The first kappa shape index (κ1) is 14.6. The van der Waals surface area contributed by atoms with E-state index in [1.165, 1.54) is 11.8 Å². The zero-order chi connectivity index (χ0) is 15.2. The minimum absolute atomic E-state index is 0.398. The average molecular weight is 306 g/mol. The molecular formula is C12H10N4O4S. The van der Waals surface area contributed by atoms with Crippen molar-refractivity contribution < 1.29 is 10.1 Å². The van der Waals surface area contributed by atoms with E-state index in [0.717, 1.165) is 9.79 Å². The Bertz CT molecular complexity index is 588. The minimum Gasteiger partial charge on any atom is -0.235 e. The van der Waals surface area contributed by atoms with Crippen molar-refractivity contribution >= 4 is 23.1 Å². The van der Waals surface area contributed by atoms with Gasteiger partial charge in [-0.25, -0.2) is 20.2 Å². The lowest BCUT2D eigenvalue weighted by Gasteiger charge is -2.03. The van der Waals surface area contributed by atoms with Crippen molar-refractivity contribution in [2.45, 2.75) is 9.79 Å². The molecule has 0 saturated heterocycles. The fraction of sp³-hybridized carbons (Fsp3) is 0. The molecule has 0 unspecified atom stereocenters. The van der Waals surface area contributed by atoms with Gasteiger partial charge in [0.1, 0.15) is 11.4 Å². The highest BCUT2D eigenvalue weighted by Gasteiger charge is 2.03. The topological polar surface area (TPSA) is 110 Å². The van der Waals surface area contributed by atoms with Crippen LogP contribution in [0.5, 0.6) is 0 Å². The lowest BCUT2D eigenvalue weighted by atomic mass is 10.3. The van der Waals surface area contributed by atoms with Crippen LogP contribution in [-0.4, -0.2) is 10.1 Å². The first-order chi connectivity index (χ1) is 10.0. The summed E-state index contributed by atoms with van der Waals surface area (Å²) in [5.74, 6) is 0. The van der Waals surface area contributed by atoms with E-state index in [1.54, 1.807) is 48.5 Å². The molecule has 0 heterocycles. The van der Waals surface area contributed by atoms with Crippen LogP contribution in [0.4, 0.5) is 11.4 Å². The summed E-state index contributed by atoms with van der Waals surface area (Å²) in [5.41, 5.74) is 4.92. The summed E-state index contributed by atoms with van der Waals surface area (Å²) in [6, 6.07) is 13.4. The highest BCUT2D eigenvalue weighted by Crippen LogP contribution is 2.29. The maximum absolute atomic E-state index is 10.3. The van der Waals surface area contributed by atoms with Crippen LogP contribution in [0, 0.1) is 20.2 Å². The summed E-state index contributed by atoms with van der Waals surface area (Å²) in [6.07, 6.45) is 0. The molecule has 21 heavy (non-hydrogen) atoms. The largest absolute Gasteiger partial charge is 0.235 e. The van der Waals surface area contributed by atoms with Crippen LogP contribution in [0.1, 0.15) is 0 Å². The molecule has 0 aliphatic rings. The van der Waals surface area contributed by atoms with E-state index in [2.05, 4.69) is 10.9 Å². The Morgan fingerprint density at radius 1 is 0.714 bits per heavy atom. The lowest BCUT2D eigenvalue weighted by molar-refractivity contribution is -0.445. The molecule has 2 aromatic rings. The van der Waals surface area contributed by atoms with Gasteiger partial charge < -0.3 is 0 Å². The van der Waals surface area contributed by atoms with Crippen molar-refractivity contribution in [1.29, 1.82) is 0 Å². The SMILES string of the molecule is O=[N+]([O-])Nc1ccc(Sc2ccc(N[N+](=O)[O-])cc2)cc1. The molecule has 0 aromatic heterocycles. The average Bonchev–Trinajstić information content (AvgIpc) is 2.42. The molecule has 0 amide bonds. The predicted molar refractivity (Wildman–Crippen MR) is 78.2 cm³/mol. The molecular weight excluding hydrogens is 296 g/mol. The fourth-order valence-corrected chi connectivity index (χ4v) is 2.36. The van der Waals surface area contributed by atoms with Crippen molar-refractivity contribution in [1.82, 2.24) is 0 Å². The molecule has 8 nitrogen and oxygen atoms in total. The van der Waals surface area contributed by atoms with Gasteiger partial charge in [0.15, 0.2) is 10.1 Å². The monoisotopic (exact) mass is 306 g/mol. The van der Waals surface area contributed by atoms with E-state index >= 15 is 0 Å². The van der Waals surface area contributed by atoms with Gasteiger partial charge in [0.2, 0.25) is 0 Å². The van der Waals surface area contributed by atoms with Gasteiger partial charge in [0.05, 0.1) is 0 Å². The van der Waals surface area contributed by atoms with E-state index in [4.69, 9.17) is 0 Å². The van der Waals surface area contributed by atoms with Crippen LogP contribution in [0.15, 0.2) is 58.3 Å². The van der Waals surface area contributed by atoms with Crippen LogP contribution in [0.3, 0.4) is 0 Å². The first-order valence-electron chi connectivity index (χ1n) is 5.73. The number of hydrogen-bond acceptors (Lipinski definition) is 5. The van der Waals surface area contributed by atoms with Crippen molar-refractivity contribution in [3.8, 4) is 0 Å². The molecule has 0 bridgehead atoms. The zero-order valence-corrected chi connectivity index (χ0v) is 11.4. The van der Waals surface area contributed by atoms with Gasteiger partial charge in [0.25, 0.3) is 0 Å². The van der Waals surface area contributed by atoms with Crippen LogP contribution in [0.2, 0.25) is 0 Å². The summed E-state index contributed by atoms with van der Waals surface area (Å²) in [5, 5.41) is 19.3. The molecule has 0 radical (unpaired) electrons. The molecule has 108 valence electrons. The molecule has 9 heteroatoms. The Balaban J connectivity index is 2.01. The third-order valence-corrected chi connectivity index (χ3v) is 3.40. The van der Waals surface area contributed by atoms with E-state index in [9.17, 15) is 20.2 Å². The molecule has 0 spiro atoms. The maximum atomic E-state index is 10.3. The number of hydrogen-bond donors (Lipinski definition) is 2. The molecule has 2 rings (SSSR count). The number of nitrogens with zero attached hydrogens (tertiary/aromatic N) is 2. The Hall–Kier alpha value is -2.81. The fourth-order valence-electron chi connectivity index (χ4n) is 1.54. The Kier molecular flexibility index (Phi) is 4.57. The van der Waals surface area contributed by atoms with E-state index in [1.807, 2.05) is 0 Å². The second kappa shape index (κ2) is 6.57. The zero-order valence-electron chi connectivity index (χ0n) is 10.6. The smallest absolute Gasteiger partial charge is 0.162 e. The van der Waals surface area contributed by atoms with Crippen molar-refractivity contribution in [2.75, 3.05) is 10.9 Å². The van der Waals surface area contributed by atoms with Crippen LogP contribution in [-0.2, 0) is 0 Å². The van der Waals surface area contributed by atoms with Crippen LogP contribution in [0.25, 0.3) is 0 Å².